The third-order valence-electron chi connectivity index (χ3n) is 5.65. The van der Waals surface area contributed by atoms with Crippen LogP contribution in [0.15, 0.2) is 48.8 Å². The van der Waals surface area contributed by atoms with Crippen molar-refractivity contribution in [2.75, 3.05) is 11.4 Å². The molecule has 1 atom stereocenters. The molecule has 4 rings (SSSR count). The average molecular weight is 403 g/mol. The Kier molecular flexibility index (Phi) is 5.35. The molecule has 1 N–H and O–H groups in total. The predicted octanol–water partition coefficient (Wildman–Crippen LogP) is 2.77. The normalized spacial score (nSPS) is 16.2. The number of amides is 2. The van der Waals surface area contributed by atoms with E-state index in [1.165, 1.54) is 5.56 Å². The molecule has 1 aliphatic rings. The molecule has 0 saturated carbocycles. The summed E-state index contributed by atoms with van der Waals surface area (Å²) in [6.45, 7) is 4.79. The van der Waals surface area contributed by atoms with Gasteiger partial charge in [0.15, 0.2) is 0 Å². The Hall–Kier alpha value is -3.48. The molecule has 7 heteroatoms. The summed E-state index contributed by atoms with van der Waals surface area (Å²) in [5.74, 6) is -0.496. The first kappa shape index (κ1) is 19.8. The molecule has 1 saturated heterocycles. The highest BCUT2D eigenvalue weighted by Crippen LogP contribution is 2.27. The second-order valence-electron chi connectivity index (χ2n) is 7.77. The molecular weight excluding hydrogens is 378 g/mol. The van der Waals surface area contributed by atoms with Crippen LogP contribution in [-0.2, 0) is 23.2 Å². The maximum atomic E-state index is 12.7. The number of rotatable bonds is 5. The van der Waals surface area contributed by atoms with Crippen molar-refractivity contribution < 1.29 is 9.59 Å². The molecule has 2 amide bonds. The molecule has 0 bridgehead atoms. The number of carbonyl (C=O) groups is 2. The van der Waals surface area contributed by atoms with Crippen molar-refractivity contribution in [1.82, 2.24) is 20.1 Å². The molecule has 30 heavy (non-hydrogen) atoms. The van der Waals surface area contributed by atoms with Crippen LogP contribution in [0.2, 0.25) is 0 Å². The predicted molar refractivity (Wildman–Crippen MR) is 115 cm³/mol. The van der Waals surface area contributed by atoms with E-state index in [0.29, 0.717) is 13.1 Å². The van der Waals surface area contributed by atoms with Crippen molar-refractivity contribution >= 4 is 17.5 Å². The second kappa shape index (κ2) is 8.10. The Labute approximate surface area is 175 Å². The van der Waals surface area contributed by atoms with Gasteiger partial charge in [-0.1, -0.05) is 6.07 Å². The number of anilines is 1. The van der Waals surface area contributed by atoms with Crippen LogP contribution >= 0.6 is 0 Å². The first-order valence-electron chi connectivity index (χ1n) is 10.0. The second-order valence-corrected chi connectivity index (χ2v) is 7.77. The number of aromatic nitrogens is 3. The summed E-state index contributed by atoms with van der Waals surface area (Å²) in [5, 5.41) is 7.43. The van der Waals surface area contributed by atoms with Crippen LogP contribution in [0.4, 0.5) is 5.69 Å². The number of nitrogens with zero attached hydrogens (tertiary/aromatic N) is 4. The number of benzene rings is 1. The summed E-state index contributed by atoms with van der Waals surface area (Å²) in [6, 6.07) is 11.7. The molecule has 1 aromatic carbocycles. The number of hydrogen-bond donors (Lipinski definition) is 1. The lowest BCUT2D eigenvalue weighted by atomic mass is 10.1. The van der Waals surface area contributed by atoms with E-state index in [-0.39, 0.29) is 24.2 Å². The van der Waals surface area contributed by atoms with Crippen LogP contribution in [0.3, 0.4) is 0 Å². The summed E-state index contributed by atoms with van der Waals surface area (Å²) in [5.41, 5.74) is 5.91. The lowest BCUT2D eigenvalue weighted by molar-refractivity contribution is -0.126. The van der Waals surface area contributed by atoms with Gasteiger partial charge in [0, 0.05) is 43.7 Å². The highest BCUT2D eigenvalue weighted by molar-refractivity contribution is 6.00. The maximum absolute atomic E-state index is 12.7. The van der Waals surface area contributed by atoms with E-state index in [0.717, 1.165) is 28.2 Å². The largest absolute Gasteiger partial charge is 0.350 e. The molecule has 7 nitrogen and oxygen atoms in total. The van der Waals surface area contributed by atoms with Gasteiger partial charge < -0.3 is 10.2 Å². The Bertz CT molecular complexity index is 1090. The molecule has 1 fully saturated rings. The quantitative estimate of drug-likeness (QED) is 0.710. The van der Waals surface area contributed by atoms with Crippen molar-refractivity contribution in [2.45, 2.75) is 26.8 Å². The highest BCUT2D eigenvalue weighted by Gasteiger charge is 2.35. The Morgan fingerprint density at radius 3 is 2.63 bits per heavy atom. The first-order valence-corrected chi connectivity index (χ1v) is 10.0. The molecule has 0 spiro atoms. The molecular formula is C23H25N5O2. The zero-order chi connectivity index (χ0) is 21.3. The van der Waals surface area contributed by atoms with Crippen LogP contribution in [0.25, 0.3) is 11.3 Å². The molecule has 0 radical (unpaired) electrons. The van der Waals surface area contributed by atoms with Gasteiger partial charge in [-0.2, -0.15) is 5.10 Å². The zero-order valence-electron chi connectivity index (χ0n) is 17.4. The van der Waals surface area contributed by atoms with Gasteiger partial charge in [-0.25, -0.2) is 0 Å². The summed E-state index contributed by atoms with van der Waals surface area (Å²) in [6.07, 6.45) is 3.70. The minimum Gasteiger partial charge on any atom is -0.350 e. The van der Waals surface area contributed by atoms with Gasteiger partial charge >= 0.3 is 0 Å². The molecule has 3 aromatic rings. The smallest absolute Gasteiger partial charge is 0.227 e. The lowest BCUT2D eigenvalue weighted by Crippen LogP contribution is -2.32. The van der Waals surface area contributed by atoms with E-state index in [1.54, 1.807) is 22.0 Å². The lowest BCUT2D eigenvalue weighted by Gasteiger charge is -2.18. The van der Waals surface area contributed by atoms with Crippen molar-refractivity contribution in [3.05, 3.63) is 65.6 Å². The van der Waals surface area contributed by atoms with Crippen LogP contribution < -0.4 is 10.2 Å². The topological polar surface area (TPSA) is 80.1 Å². The van der Waals surface area contributed by atoms with Gasteiger partial charge in [0.25, 0.3) is 0 Å². The Morgan fingerprint density at radius 2 is 1.90 bits per heavy atom. The Balaban J connectivity index is 1.39. The number of carbonyl (C=O) groups excluding carboxylic acids is 2. The summed E-state index contributed by atoms with van der Waals surface area (Å²) < 4.78 is 1.79. The summed E-state index contributed by atoms with van der Waals surface area (Å²) >= 11 is 0. The van der Waals surface area contributed by atoms with E-state index in [4.69, 9.17) is 0 Å². The fraction of sp³-hybridized carbons (Fsp3) is 0.304. The van der Waals surface area contributed by atoms with Crippen LogP contribution in [-0.4, -0.2) is 33.1 Å². The minimum atomic E-state index is -0.359. The van der Waals surface area contributed by atoms with E-state index < -0.39 is 0 Å². The van der Waals surface area contributed by atoms with E-state index in [9.17, 15) is 9.59 Å². The first-order chi connectivity index (χ1) is 14.4. The van der Waals surface area contributed by atoms with Crippen molar-refractivity contribution in [3.63, 3.8) is 0 Å². The van der Waals surface area contributed by atoms with Crippen LogP contribution in [0, 0.1) is 19.8 Å². The number of nitrogens with one attached hydrogen (secondary N) is 1. The van der Waals surface area contributed by atoms with E-state index >= 15 is 0 Å². The van der Waals surface area contributed by atoms with Crippen LogP contribution in [0.5, 0.6) is 0 Å². The number of pyridine rings is 1. The fourth-order valence-corrected chi connectivity index (χ4v) is 3.75. The van der Waals surface area contributed by atoms with Gasteiger partial charge in [0.2, 0.25) is 11.8 Å². The minimum absolute atomic E-state index is 0.0174. The fourth-order valence-electron chi connectivity index (χ4n) is 3.75. The zero-order valence-corrected chi connectivity index (χ0v) is 17.4. The third kappa shape index (κ3) is 3.96. The summed E-state index contributed by atoms with van der Waals surface area (Å²) in [7, 11) is 1.87. The van der Waals surface area contributed by atoms with Gasteiger partial charge in [0.05, 0.1) is 23.9 Å². The van der Waals surface area contributed by atoms with Crippen LogP contribution in [0.1, 0.15) is 23.2 Å². The van der Waals surface area contributed by atoms with Crippen molar-refractivity contribution in [1.29, 1.82) is 0 Å². The average Bonchev–Trinajstić information content (AvgIpc) is 3.31. The van der Waals surface area contributed by atoms with Gasteiger partial charge in [0.1, 0.15) is 0 Å². The van der Waals surface area contributed by atoms with Gasteiger partial charge in [-0.15, -0.1) is 0 Å². The maximum Gasteiger partial charge on any atom is 0.227 e. The molecule has 1 aliphatic heterocycles. The van der Waals surface area contributed by atoms with E-state index in [1.807, 2.05) is 57.3 Å². The molecule has 2 aromatic heterocycles. The van der Waals surface area contributed by atoms with Crippen molar-refractivity contribution in [2.24, 2.45) is 13.0 Å². The summed E-state index contributed by atoms with van der Waals surface area (Å²) in [4.78, 5) is 30.9. The molecule has 1 unspecified atom stereocenters. The highest BCUT2D eigenvalue weighted by atomic mass is 16.2. The molecule has 0 aliphatic carbocycles. The van der Waals surface area contributed by atoms with Crippen molar-refractivity contribution in [3.8, 4) is 11.3 Å². The molecule has 154 valence electrons. The standard InChI is InChI=1S/C23H25N5O2/c1-15-4-5-20(10-16(15)2)28-14-18(11-22(28)29)23(30)25-13-19-12-21(27(3)26-19)17-6-8-24-9-7-17/h4-10,12,18H,11,13-14H2,1-3H3,(H,25,30). The number of hydrogen-bond acceptors (Lipinski definition) is 4. The van der Waals surface area contributed by atoms with E-state index in [2.05, 4.69) is 15.4 Å². The Morgan fingerprint density at radius 1 is 1.13 bits per heavy atom. The van der Waals surface area contributed by atoms with Gasteiger partial charge in [-0.05, 0) is 55.3 Å². The monoisotopic (exact) mass is 403 g/mol. The van der Waals surface area contributed by atoms with Gasteiger partial charge in [-0.3, -0.25) is 19.3 Å². The molecule has 3 heterocycles. The third-order valence-corrected chi connectivity index (χ3v) is 5.65. The number of aryl methyl sites for hydroxylation is 3. The SMILES string of the molecule is Cc1ccc(N2CC(C(=O)NCc3cc(-c4ccncc4)n(C)n3)CC2=O)cc1C.